The number of methoxy groups -OCH3 is 1. The minimum Gasteiger partial charge on any atom is -0.463 e. The van der Waals surface area contributed by atoms with Gasteiger partial charge in [0.25, 0.3) is 0 Å². The normalized spacial score (nSPS) is 23.9. The van der Waals surface area contributed by atoms with Gasteiger partial charge in [-0.2, -0.15) is 9.97 Å². The fourth-order valence-electron chi connectivity index (χ4n) is 7.26. The Hall–Kier alpha value is -3.36. The molecule has 1 atom stereocenters. The van der Waals surface area contributed by atoms with E-state index in [1.807, 2.05) is 17.0 Å². The minimum atomic E-state index is -0.0298. The van der Waals surface area contributed by atoms with Crippen molar-refractivity contribution in [1.29, 1.82) is 0 Å². The number of hydrogen-bond donors (Lipinski definition) is 0. The lowest BCUT2D eigenvalue weighted by Gasteiger charge is -2.45. The van der Waals surface area contributed by atoms with Crippen molar-refractivity contribution < 1.29 is 14.3 Å². The number of rotatable bonds is 8. The molecule has 0 radical (unpaired) electrons. The lowest BCUT2D eigenvalue weighted by molar-refractivity contribution is -0.126. The van der Waals surface area contributed by atoms with Crippen LogP contribution >= 0.6 is 11.6 Å². The average Bonchev–Trinajstić information content (AvgIpc) is 2.98. The number of piperazine rings is 1. The van der Waals surface area contributed by atoms with Crippen LogP contribution in [0.4, 0.5) is 11.5 Å². The van der Waals surface area contributed by atoms with Gasteiger partial charge in [-0.05, 0) is 55.7 Å². The highest BCUT2D eigenvalue weighted by atomic mass is 35.5. The lowest BCUT2D eigenvalue weighted by Crippen LogP contribution is -2.54. The molecule has 42 heavy (non-hydrogen) atoms. The first-order valence-electron chi connectivity index (χ1n) is 14.9. The highest BCUT2D eigenvalue weighted by molar-refractivity contribution is 6.36. The van der Waals surface area contributed by atoms with Gasteiger partial charge in [-0.3, -0.25) is 4.79 Å². The van der Waals surface area contributed by atoms with Crippen molar-refractivity contribution in [2.75, 3.05) is 56.3 Å². The summed E-state index contributed by atoms with van der Waals surface area (Å²) in [5, 5.41) is 2.94. The van der Waals surface area contributed by atoms with Crippen molar-refractivity contribution in [3.63, 3.8) is 0 Å². The van der Waals surface area contributed by atoms with E-state index in [1.54, 1.807) is 7.11 Å². The zero-order valence-electron chi connectivity index (χ0n) is 24.8. The Morgan fingerprint density at radius 2 is 1.90 bits per heavy atom. The van der Waals surface area contributed by atoms with Gasteiger partial charge < -0.3 is 24.2 Å². The molecule has 0 bridgehead atoms. The van der Waals surface area contributed by atoms with Gasteiger partial charge in [0.15, 0.2) is 0 Å². The molecule has 2 aliphatic heterocycles. The van der Waals surface area contributed by atoms with E-state index >= 15 is 0 Å². The van der Waals surface area contributed by atoms with Crippen molar-refractivity contribution >= 4 is 39.8 Å². The van der Waals surface area contributed by atoms with Crippen LogP contribution in [0.1, 0.15) is 37.9 Å². The van der Waals surface area contributed by atoms with E-state index in [0.717, 1.165) is 64.4 Å². The van der Waals surface area contributed by atoms with E-state index in [0.29, 0.717) is 51.3 Å². The standard InChI is InChI=1S/C33H40ClN5O3/c1-5-29(40)38-14-15-39(23(3)18-38)31-25-12-13-37(28-11-7-9-24-8-6-10-26(34)30(24)28)19-27(25)35-32(36-31)42-21-33(20-41-4)16-22(2)17-33/h5-11,22-23H,1,12-21H2,2-4H3/t22?,23-,33?/m0/s1. The Morgan fingerprint density at radius 3 is 2.62 bits per heavy atom. The van der Waals surface area contributed by atoms with Gasteiger partial charge in [0.1, 0.15) is 5.82 Å². The maximum Gasteiger partial charge on any atom is 0.318 e. The monoisotopic (exact) mass is 589 g/mol. The second kappa shape index (κ2) is 11.7. The molecule has 0 spiro atoms. The molecule has 1 saturated carbocycles. The Kier molecular flexibility index (Phi) is 8.03. The van der Waals surface area contributed by atoms with Crippen molar-refractivity contribution in [3.05, 3.63) is 65.3 Å². The van der Waals surface area contributed by atoms with Crippen LogP contribution < -0.4 is 14.5 Å². The van der Waals surface area contributed by atoms with E-state index in [1.165, 1.54) is 6.08 Å². The average molecular weight is 590 g/mol. The number of hydrogen-bond acceptors (Lipinski definition) is 7. The van der Waals surface area contributed by atoms with Crippen LogP contribution in [-0.4, -0.2) is 73.3 Å². The third-order valence-corrected chi connectivity index (χ3v) is 9.42. The first-order valence-corrected chi connectivity index (χ1v) is 15.3. The van der Waals surface area contributed by atoms with Gasteiger partial charge in [0.05, 0.1) is 30.5 Å². The van der Waals surface area contributed by atoms with Crippen LogP contribution in [0.25, 0.3) is 10.8 Å². The summed E-state index contributed by atoms with van der Waals surface area (Å²) in [6, 6.07) is 12.9. The van der Waals surface area contributed by atoms with Gasteiger partial charge in [-0.1, -0.05) is 49.4 Å². The summed E-state index contributed by atoms with van der Waals surface area (Å²) in [6.07, 6.45) is 4.34. The predicted molar refractivity (Wildman–Crippen MR) is 168 cm³/mol. The maximum absolute atomic E-state index is 12.3. The highest BCUT2D eigenvalue weighted by Gasteiger charge is 2.43. The number of aromatic nitrogens is 2. The molecular weight excluding hydrogens is 550 g/mol. The largest absolute Gasteiger partial charge is 0.463 e. The van der Waals surface area contributed by atoms with Gasteiger partial charge >= 0.3 is 6.01 Å². The number of carbonyl (C=O) groups excluding carboxylic acids is 1. The first kappa shape index (κ1) is 28.7. The Balaban J connectivity index is 1.34. The Labute approximate surface area is 253 Å². The van der Waals surface area contributed by atoms with Gasteiger partial charge in [-0.15, -0.1) is 0 Å². The topological polar surface area (TPSA) is 71.0 Å². The molecule has 1 aromatic heterocycles. The van der Waals surface area contributed by atoms with Gasteiger partial charge in [0, 0.05) is 61.4 Å². The Bertz CT molecular complexity index is 1480. The molecule has 1 amide bonds. The number of benzene rings is 2. The van der Waals surface area contributed by atoms with Crippen LogP contribution in [-0.2, 0) is 22.5 Å². The van der Waals surface area contributed by atoms with E-state index < -0.39 is 0 Å². The molecule has 8 nitrogen and oxygen atoms in total. The summed E-state index contributed by atoms with van der Waals surface area (Å²) >= 11 is 6.71. The molecule has 9 heteroatoms. The summed E-state index contributed by atoms with van der Waals surface area (Å²) in [7, 11) is 1.75. The van der Waals surface area contributed by atoms with E-state index in [2.05, 4.69) is 54.5 Å². The zero-order chi connectivity index (χ0) is 29.4. The summed E-state index contributed by atoms with van der Waals surface area (Å²) in [5.41, 5.74) is 3.25. The SMILES string of the molecule is C=CC(=O)N1CCN(c2nc(OCC3(COC)CC(C)C3)nc3c2CCN(c2cccc4cccc(Cl)c24)C3)[C@@H](C)C1. The van der Waals surface area contributed by atoms with Crippen molar-refractivity contribution in [1.82, 2.24) is 14.9 Å². The fourth-order valence-corrected chi connectivity index (χ4v) is 7.54. The number of amides is 1. The van der Waals surface area contributed by atoms with E-state index in [9.17, 15) is 4.79 Å². The third-order valence-electron chi connectivity index (χ3n) is 9.10. The molecule has 2 fully saturated rings. The summed E-state index contributed by atoms with van der Waals surface area (Å²) in [5.74, 6) is 1.56. The molecule has 222 valence electrons. The molecular formula is C33H40ClN5O3. The molecule has 1 aliphatic carbocycles. The number of halogens is 1. The van der Waals surface area contributed by atoms with Crippen LogP contribution in [0, 0.1) is 11.3 Å². The molecule has 0 unspecified atom stereocenters. The zero-order valence-corrected chi connectivity index (χ0v) is 25.6. The van der Waals surface area contributed by atoms with Crippen LogP contribution in [0.3, 0.4) is 0 Å². The number of carbonyl (C=O) groups is 1. The summed E-state index contributed by atoms with van der Waals surface area (Å²) in [6.45, 7) is 12.7. The van der Waals surface area contributed by atoms with E-state index in [4.69, 9.17) is 31.0 Å². The van der Waals surface area contributed by atoms with Crippen molar-refractivity contribution in [3.8, 4) is 6.01 Å². The quantitative estimate of drug-likeness (QED) is 0.321. The third kappa shape index (κ3) is 5.42. The van der Waals surface area contributed by atoms with Crippen LogP contribution in [0.15, 0.2) is 49.1 Å². The summed E-state index contributed by atoms with van der Waals surface area (Å²) in [4.78, 5) is 28.9. The molecule has 3 heterocycles. The molecule has 3 aromatic rings. The number of nitrogens with zero attached hydrogens (tertiary/aromatic N) is 5. The molecule has 2 aromatic carbocycles. The van der Waals surface area contributed by atoms with Crippen molar-refractivity contribution in [2.24, 2.45) is 11.3 Å². The lowest BCUT2D eigenvalue weighted by atomic mass is 9.63. The molecule has 6 rings (SSSR count). The number of fused-ring (bicyclic) bond motifs is 2. The Morgan fingerprint density at radius 1 is 1.12 bits per heavy atom. The maximum atomic E-state index is 12.3. The van der Waals surface area contributed by atoms with Gasteiger partial charge in [-0.25, -0.2) is 0 Å². The fraction of sp³-hybridized carbons (Fsp3) is 0.485. The second-order valence-electron chi connectivity index (χ2n) is 12.3. The first-order chi connectivity index (χ1) is 20.3. The molecule has 3 aliphatic rings. The number of ether oxygens (including phenoxy) is 2. The predicted octanol–water partition coefficient (Wildman–Crippen LogP) is 5.51. The molecule has 1 saturated heterocycles. The number of anilines is 2. The summed E-state index contributed by atoms with van der Waals surface area (Å²) < 4.78 is 12.0. The second-order valence-corrected chi connectivity index (χ2v) is 12.7. The van der Waals surface area contributed by atoms with E-state index in [-0.39, 0.29) is 17.4 Å². The molecule has 0 N–H and O–H groups in total. The van der Waals surface area contributed by atoms with Crippen LogP contribution in [0.2, 0.25) is 5.02 Å². The van der Waals surface area contributed by atoms with Gasteiger partial charge in [0.2, 0.25) is 5.91 Å². The highest BCUT2D eigenvalue weighted by Crippen LogP contribution is 2.46. The van der Waals surface area contributed by atoms with Crippen molar-refractivity contribution in [2.45, 2.75) is 45.7 Å². The minimum absolute atomic E-state index is 0.00327. The van der Waals surface area contributed by atoms with Crippen LogP contribution in [0.5, 0.6) is 6.01 Å². The smallest absolute Gasteiger partial charge is 0.318 e.